The lowest BCUT2D eigenvalue weighted by Crippen LogP contribution is -2.46. The van der Waals surface area contributed by atoms with Gasteiger partial charge in [0.15, 0.2) is 0 Å². The van der Waals surface area contributed by atoms with Crippen LogP contribution in [0, 0.1) is 0 Å². The van der Waals surface area contributed by atoms with Crippen LogP contribution < -0.4 is 9.64 Å². The van der Waals surface area contributed by atoms with E-state index >= 15 is 0 Å². The van der Waals surface area contributed by atoms with E-state index in [-0.39, 0.29) is 11.3 Å². The number of carbonyl (C=O) groups is 1. The average Bonchev–Trinajstić information content (AvgIpc) is 2.79. The molecule has 1 aromatic heterocycles. The summed E-state index contributed by atoms with van der Waals surface area (Å²) in [5, 5.41) is 9.39. The molecule has 0 saturated carbocycles. The summed E-state index contributed by atoms with van der Waals surface area (Å²) in [7, 11) is 0. The minimum Gasteiger partial charge on any atom is -0.478 e. The van der Waals surface area contributed by atoms with Crippen molar-refractivity contribution in [2.45, 2.75) is 12.7 Å². The van der Waals surface area contributed by atoms with Gasteiger partial charge in [0.2, 0.25) is 0 Å². The first-order valence-corrected chi connectivity index (χ1v) is 10.4. The maximum Gasteiger partial charge on any atom is 0.416 e. The van der Waals surface area contributed by atoms with Crippen molar-refractivity contribution >= 4 is 11.8 Å². The Bertz CT molecular complexity index is 1130. The lowest BCUT2D eigenvalue weighted by Gasteiger charge is -2.35. The number of rotatable bonds is 6. The fraction of sp³-hybridized carbons (Fsp3) is 0.250. The number of halogens is 3. The second-order valence-corrected chi connectivity index (χ2v) is 7.72. The van der Waals surface area contributed by atoms with Crippen LogP contribution in [0.15, 0.2) is 66.9 Å². The first-order valence-electron chi connectivity index (χ1n) is 10.4. The second-order valence-electron chi connectivity index (χ2n) is 7.72. The standard InChI is InChI=1S/C24H22F3N3O3/c25-24(26,27)18-5-2-7-20(15-18)33-19-6-1-4-17(14-19)16-29-10-12-30(13-11-29)22-21(23(31)32)8-3-9-28-22/h1-9,14-15H,10-13,16H2,(H,31,32). The largest absolute Gasteiger partial charge is 0.478 e. The number of anilines is 1. The summed E-state index contributed by atoms with van der Waals surface area (Å²) in [4.78, 5) is 19.9. The van der Waals surface area contributed by atoms with Crippen molar-refractivity contribution in [2.24, 2.45) is 0 Å². The molecule has 1 aliphatic rings. The number of nitrogens with zero attached hydrogens (tertiary/aromatic N) is 3. The lowest BCUT2D eigenvalue weighted by molar-refractivity contribution is -0.137. The summed E-state index contributed by atoms with van der Waals surface area (Å²) in [5.74, 6) is 0.0597. The molecule has 1 saturated heterocycles. The van der Waals surface area contributed by atoms with E-state index in [0.29, 0.717) is 44.3 Å². The van der Waals surface area contributed by atoms with Crippen molar-refractivity contribution in [3.63, 3.8) is 0 Å². The second kappa shape index (κ2) is 9.50. The Morgan fingerprint density at radius 2 is 1.67 bits per heavy atom. The van der Waals surface area contributed by atoms with Gasteiger partial charge in [-0.05, 0) is 48.0 Å². The number of aromatic carboxylic acids is 1. The van der Waals surface area contributed by atoms with E-state index in [4.69, 9.17) is 4.74 Å². The zero-order valence-electron chi connectivity index (χ0n) is 17.6. The molecular formula is C24H22F3N3O3. The molecule has 1 aliphatic heterocycles. The minimum atomic E-state index is -4.43. The fourth-order valence-electron chi connectivity index (χ4n) is 3.77. The molecule has 9 heteroatoms. The Morgan fingerprint density at radius 1 is 0.970 bits per heavy atom. The minimum absolute atomic E-state index is 0.125. The number of carboxylic acid groups (broad SMARTS) is 1. The number of ether oxygens (including phenoxy) is 1. The Kier molecular flexibility index (Phi) is 6.50. The predicted octanol–water partition coefficient (Wildman–Crippen LogP) is 4.91. The van der Waals surface area contributed by atoms with E-state index in [2.05, 4.69) is 9.88 Å². The highest BCUT2D eigenvalue weighted by Gasteiger charge is 2.30. The lowest BCUT2D eigenvalue weighted by atomic mass is 10.1. The van der Waals surface area contributed by atoms with Gasteiger partial charge in [0.1, 0.15) is 22.9 Å². The molecule has 33 heavy (non-hydrogen) atoms. The smallest absolute Gasteiger partial charge is 0.416 e. The van der Waals surface area contributed by atoms with Crippen molar-refractivity contribution in [1.29, 1.82) is 0 Å². The summed E-state index contributed by atoms with van der Waals surface area (Å²) in [6.07, 6.45) is -2.84. The number of carboxylic acids is 1. The highest BCUT2D eigenvalue weighted by Crippen LogP contribution is 2.33. The summed E-state index contributed by atoms with van der Waals surface area (Å²) in [5.41, 5.74) is 0.398. The number of hydrogen-bond acceptors (Lipinski definition) is 5. The molecular weight excluding hydrogens is 435 g/mol. The van der Waals surface area contributed by atoms with Crippen LogP contribution in [0.25, 0.3) is 0 Å². The maximum absolute atomic E-state index is 12.9. The third-order valence-electron chi connectivity index (χ3n) is 5.39. The normalized spacial score (nSPS) is 14.8. The zero-order valence-corrected chi connectivity index (χ0v) is 17.6. The van der Waals surface area contributed by atoms with Crippen molar-refractivity contribution < 1.29 is 27.8 Å². The van der Waals surface area contributed by atoms with Crippen LogP contribution in [-0.2, 0) is 12.7 Å². The Balaban J connectivity index is 1.38. The molecule has 6 nitrogen and oxygen atoms in total. The van der Waals surface area contributed by atoms with Crippen LogP contribution in [0.1, 0.15) is 21.5 Å². The Morgan fingerprint density at radius 3 is 2.36 bits per heavy atom. The summed E-state index contributed by atoms with van der Waals surface area (Å²) < 4.78 is 44.5. The molecule has 2 heterocycles. The number of pyridine rings is 1. The van der Waals surface area contributed by atoms with E-state index in [0.717, 1.165) is 17.7 Å². The Hall–Kier alpha value is -3.59. The summed E-state index contributed by atoms with van der Waals surface area (Å²) >= 11 is 0. The number of hydrogen-bond donors (Lipinski definition) is 1. The van der Waals surface area contributed by atoms with E-state index in [1.54, 1.807) is 24.4 Å². The van der Waals surface area contributed by atoms with Gasteiger partial charge in [-0.15, -0.1) is 0 Å². The number of piperazine rings is 1. The molecule has 0 spiro atoms. The van der Waals surface area contributed by atoms with Crippen LogP contribution in [0.5, 0.6) is 11.5 Å². The first-order chi connectivity index (χ1) is 15.8. The average molecular weight is 457 g/mol. The predicted molar refractivity (Wildman–Crippen MR) is 117 cm³/mol. The van der Waals surface area contributed by atoms with E-state index in [1.165, 1.54) is 12.1 Å². The highest BCUT2D eigenvalue weighted by molar-refractivity contribution is 5.93. The molecule has 0 aliphatic carbocycles. The van der Waals surface area contributed by atoms with Gasteiger partial charge in [0.25, 0.3) is 0 Å². The molecule has 0 atom stereocenters. The van der Waals surface area contributed by atoms with Gasteiger partial charge in [0, 0.05) is 38.9 Å². The van der Waals surface area contributed by atoms with Crippen LogP contribution in [0.3, 0.4) is 0 Å². The molecule has 1 N–H and O–H groups in total. The van der Waals surface area contributed by atoms with E-state index in [9.17, 15) is 23.1 Å². The molecule has 0 unspecified atom stereocenters. The number of benzene rings is 2. The van der Waals surface area contributed by atoms with Gasteiger partial charge in [-0.2, -0.15) is 13.2 Å². The summed E-state index contributed by atoms with van der Waals surface area (Å²) in [6, 6.07) is 15.2. The van der Waals surface area contributed by atoms with Crippen LogP contribution in [0.4, 0.5) is 19.0 Å². The number of aromatic nitrogens is 1. The van der Waals surface area contributed by atoms with Gasteiger partial charge < -0.3 is 14.7 Å². The van der Waals surface area contributed by atoms with Crippen LogP contribution >= 0.6 is 0 Å². The molecule has 2 aromatic carbocycles. The van der Waals surface area contributed by atoms with Crippen molar-refractivity contribution in [3.8, 4) is 11.5 Å². The van der Waals surface area contributed by atoms with Crippen molar-refractivity contribution in [1.82, 2.24) is 9.88 Å². The monoisotopic (exact) mass is 457 g/mol. The molecule has 0 amide bonds. The van der Waals surface area contributed by atoms with Gasteiger partial charge in [-0.1, -0.05) is 18.2 Å². The third kappa shape index (κ3) is 5.61. The van der Waals surface area contributed by atoms with E-state index in [1.807, 2.05) is 23.1 Å². The molecule has 172 valence electrons. The first kappa shape index (κ1) is 22.6. The van der Waals surface area contributed by atoms with Crippen molar-refractivity contribution in [2.75, 3.05) is 31.1 Å². The van der Waals surface area contributed by atoms with Gasteiger partial charge in [-0.25, -0.2) is 9.78 Å². The zero-order chi connectivity index (χ0) is 23.4. The van der Waals surface area contributed by atoms with Crippen molar-refractivity contribution in [3.05, 3.63) is 83.6 Å². The fourth-order valence-corrected chi connectivity index (χ4v) is 3.77. The molecule has 0 radical (unpaired) electrons. The van der Waals surface area contributed by atoms with Gasteiger partial charge in [0.05, 0.1) is 5.56 Å². The molecule has 3 aromatic rings. The highest BCUT2D eigenvalue weighted by atomic mass is 19.4. The SMILES string of the molecule is O=C(O)c1cccnc1N1CCN(Cc2cccc(Oc3cccc(C(F)(F)F)c3)c2)CC1. The topological polar surface area (TPSA) is 65.9 Å². The molecule has 1 fully saturated rings. The van der Waals surface area contributed by atoms with Crippen LogP contribution in [0.2, 0.25) is 0 Å². The Labute approximate surface area is 188 Å². The quantitative estimate of drug-likeness (QED) is 0.567. The maximum atomic E-state index is 12.9. The molecule has 0 bridgehead atoms. The van der Waals surface area contributed by atoms with E-state index < -0.39 is 17.7 Å². The number of alkyl halides is 3. The molecule has 4 rings (SSSR count). The third-order valence-corrected chi connectivity index (χ3v) is 5.39. The summed E-state index contributed by atoms with van der Waals surface area (Å²) in [6.45, 7) is 3.35. The van der Waals surface area contributed by atoms with Gasteiger partial charge >= 0.3 is 12.1 Å². The van der Waals surface area contributed by atoms with Crippen LogP contribution in [-0.4, -0.2) is 47.1 Å². The van der Waals surface area contributed by atoms with Gasteiger partial charge in [-0.3, -0.25) is 4.90 Å².